The van der Waals surface area contributed by atoms with Crippen molar-refractivity contribution in [2.45, 2.75) is 0 Å². The zero-order chi connectivity index (χ0) is 17.7. The number of benzene rings is 2. The van der Waals surface area contributed by atoms with Crippen molar-refractivity contribution in [1.29, 1.82) is 5.26 Å². The number of aromatic hydroxyl groups is 1. The van der Waals surface area contributed by atoms with E-state index in [0.29, 0.717) is 5.69 Å². The minimum absolute atomic E-state index is 0.0347. The molecule has 1 amide bonds. The van der Waals surface area contributed by atoms with E-state index in [9.17, 15) is 20.0 Å². The summed E-state index contributed by atoms with van der Waals surface area (Å²) in [5, 5.41) is 31.8. The second-order valence-corrected chi connectivity index (χ2v) is 5.04. The molecule has 0 saturated carbocycles. The third kappa shape index (κ3) is 4.09. The zero-order valence-corrected chi connectivity index (χ0v) is 12.8. The van der Waals surface area contributed by atoms with Gasteiger partial charge in [0.15, 0.2) is 0 Å². The second-order valence-electron chi connectivity index (χ2n) is 4.63. The van der Waals surface area contributed by atoms with Crippen molar-refractivity contribution >= 4 is 35.0 Å². The molecule has 0 unspecified atom stereocenters. The topological polar surface area (TPSA) is 116 Å². The minimum Gasteiger partial charge on any atom is -0.508 e. The van der Waals surface area contributed by atoms with Crippen molar-refractivity contribution in [3.63, 3.8) is 0 Å². The molecule has 0 aromatic heterocycles. The number of non-ortho nitro benzene ring substituents is 1. The second kappa shape index (κ2) is 7.26. The number of phenolic OH excluding ortho intramolecular Hbond substituents is 1. The number of carbonyl (C=O) groups excluding carboxylic acids is 1. The lowest BCUT2D eigenvalue weighted by Crippen LogP contribution is -2.13. The van der Waals surface area contributed by atoms with Gasteiger partial charge in [-0.25, -0.2) is 0 Å². The van der Waals surface area contributed by atoms with Gasteiger partial charge in [0.25, 0.3) is 11.6 Å². The number of nitrogens with one attached hydrogen (secondary N) is 1. The van der Waals surface area contributed by atoms with Gasteiger partial charge < -0.3 is 10.4 Å². The Labute approximate surface area is 141 Å². The SMILES string of the molecule is N#C/C(=C/c1cc([N+](=O)[O-])ccc1Cl)C(=O)Nc1ccc(O)cc1. The van der Waals surface area contributed by atoms with Gasteiger partial charge >= 0.3 is 0 Å². The Balaban J connectivity index is 2.30. The molecule has 0 saturated heterocycles. The summed E-state index contributed by atoms with van der Waals surface area (Å²) in [7, 11) is 0. The number of nitriles is 1. The Kier molecular flexibility index (Phi) is 5.14. The van der Waals surface area contributed by atoms with Gasteiger partial charge in [0.05, 0.1) is 4.92 Å². The maximum Gasteiger partial charge on any atom is 0.270 e. The molecule has 0 bridgehead atoms. The predicted molar refractivity (Wildman–Crippen MR) is 88.4 cm³/mol. The van der Waals surface area contributed by atoms with Gasteiger partial charge in [-0.15, -0.1) is 0 Å². The standard InChI is InChI=1S/C16H10ClN3O4/c17-15-6-3-13(20(23)24)8-10(15)7-11(9-18)16(22)19-12-1-4-14(21)5-2-12/h1-8,21H,(H,19,22)/b11-7-. The summed E-state index contributed by atoms with van der Waals surface area (Å²) < 4.78 is 0. The fourth-order valence-electron chi connectivity index (χ4n) is 1.80. The lowest BCUT2D eigenvalue weighted by Gasteiger charge is -2.05. The molecule has 2 aromatic rings. The number of nitro groups is 1. The average molecular weight is 344 g/mol. The van der Waals surface area contributed by atoms with E-state index in [1.165, 1.54) is 48.5 Å². The average Bonchev–Trinajstić information content (AvgIpc) is 2.55. The first kappa shape index (κ1) is 17.0. The van der Waals surface area contributed by atoms with Crippen LogP contribution in [0.5, 0.6) is 5.75 Å². The molecule has 7 nitrogen and oxygen atoms in total. The quantitative estimate of drug-likeness (QED) is 0.290. The van der Waals surface area contributed by atoms with Crippen LogP contribution >= 0.6 is 11.6 Å². The van der Waals surface area contributed by atoms with Crippen LogP contribution in [0.4, 0.5) is 11.4 Å². The molecular formula is C16H10ClN3O4. The number of hydrogen-bond donors (Lipinski definition) is 2. The Morgan fingerprint density at radius 3 is 2.54 bits per heavy atom. The molecule has 24 heavy (non-hydrogen) atoms. The highest BCUT2D eigenvalue weighted by atomic mass is 35.5. The van der Waals surface area contributed by atoms with Crippen molar-refractivity contribution in [3.05, 3.63) is 68.7 Å². The molecule has 2 aromatic carbocycles. The smallest absolute Gasteiger partial charge is 0.270 e. The number of anilines is 1. The number of rotatable bonds is 4. The van der Waals surface area contributed by atoms with E-state index in [1.54, 1.807) is 6.07 Å². The van der Waals surface area contributed by atoms with Crippen LogP contribution in [0.2, 0.25) is 5.02 Å². The summed E-state index contributed by atoms with van der Waals surface area (Å²) in [6.07, 6.45) is 1.17. The van der Waals surface area contributed by atoms with Crippen LogP contribution < -0.4 is 5.32 Å². The number of nitrogens with zero attached hydrogens (tertiary/aromatic N) is 2. The largest absolute Gasteiger partial charge is 0.508 e. The zero-order valence-electron chi connectivity index (χ0n) is 12.1. The molecule has 0 aliphatic heterocycles. The summed E-state index contributed by atoms with van der Waals surface area (Å²) >= 11 is 5.95. The Bertz CT molecular complexity index is 870. The molecule has 0 radical (unpaired) electrons. The molecule has 0 fully saturated rings. The Morgan fingerprint density at radius 2 is 1.96 bits per heavy atom. The molecule has 0 atom stereocenters. The third-order valence-corrected chi connectivity index (χ3v) is 3.32. The van der Waals surface area contributed by atoms with Gasteiger partial charge in [0.2, 0.25) is 0 Å². The normalized spacial score (nSPS) is 10.8. The number of nitro benzene ring substituents is 1. The number of carbonyl (C=O) groups is 1. The fourth-order valence-corrected chi connectivity index (χ4v) is 1.97. The highest BCUT2D eigenvalue weighted by Gasteiger charge is 2.13. The lowest BCUT2D eigenvalue weighted by molar-refractivity contribution is -0.384. The third-order valence-electron chi connectivity index (χ3n) is 2.98. The summed E-state index contributed by atoms with van der Waals surface area (Å²) in [5.74, 6) is -0.668. The Morgan fingerprint density at radius 1 is 1.29 bits per heavy atom. The molecule has 0 heterocycles. The first-order chi connectivity index (χ1) is 11.4. The van der Waals surface area contributed by atoms with Gasteiger partial charge in [0, 0.05) is 28.4 Å². The van der Waals surface area contributed by atoms with Crippen molar-refractivity contribution in [3.8, 4) is 11.8 Å². The number of halogens is 1. The molecule has 0 aliphatic rings. The molecular weight excluding hydrogens is 334 g/mol. The van der Waals surface area contributed by atoms with Crippen LogP contribution in [0.15, 0.2) is 48.0 Å². The van der Waals surface area contributed by atoms with E-state index in [4.69, 9.17) is 16.9 Å². The molecule has 2 N–H and O–H groups in total. The number of hydrogen-bond acceptors (Lipinski definition) is 5. The van der Waals surface area contributed by atoms with E-state index < -0.39 is 10.8 Å². The summed E-state index contributed by atoms with van der Waals surface area (Å²) in [5.41, 5.74) is 0.0831. The molecule has 2 rings (SSSR count). The number of phenols is 1. The maximum atomic E-state index is 12.1. The van der Waals surface area contributed by atoms with Crippen LogP contribution in [0.1, 0.15) is 5.56 Å². The number of amides is 1. The molecule has 120 valence electrons. The van der Waals surface area contributed by atoms with Crippen molar-refractivity contribution < 1.29 is 14.8 Å². The van der Waals surface area contributed by atoms with Crippen LogP contribution in [0.25, 0.3) is 6.08 Å². The van der Waals surface area contributed by atoms with Crippen molar-refractivity contribution in [1.82, 2.24) is 0 Å². The molecule has 0 aliphatic carbocycles. The minimum atomic E-state index is -0.703. The van der Waals surface area contributed by atoms with Gasteiger partial charge in [-0.3, -0.25) is 14.9 Å². The molecule has 8 heteroatoms. The van der Waals surface area contributed by atoms with Gasteiger partial charge in [-0.2, -0.15) is 5.26 Å². The fraction of sp³-hybridized carbons (Fsp3) is 0. The van der Waals surface area contributed by atoms with E-state index >= 15 is 0 Å². The molecule has 0 spiro atoms. The first-order valence-corrected chi connectivity index (χ1v) is 6.94. The Hall–Kier alpha value is -3.37. The van der Waals surface area contributed by atoms with Crippen LogP contribution in [-0.2, 0) is 4.79 Å². The van der Waals surface area contributed by atoms with E-state index in [0.717, 1.165) is 0 Å². The van der Waals surface area contributed by atoms with Crippen molar-refractivity contribution in [2.24, 2.45) is 0 Å². The highest BCUT2D eigenvalue weighted by Crippen LogP contribution is 2.24. The lowest BCUT2D eigenvalue weighted by atomic mass is 10.1. The summed E-state index contributed by atoms with van der Waals surface area (Å²) in [4.78, 5) is 22.3. The van der Waals surface area contributed by atoms with Crippen LogP contribution in [0, 0.1) is 21.4 Å². The van der Waals surface area contributed by atoms with E-state index in [1.807, 2.05) is 0 Å². The van der Waals surface area contributed by atoms with E-state index in [2.05, 4.69) is 5.32 Å². The van der Waals surface area contributed by atoms with Gasteiger partial charge in [-0.1, -0.05) is 11.6 Å². The summed E-state index contributed by atoms with van der Waals surface area (Å²) in [6, 6.07) is 11.1. The van der Waals surface area contributed by atoms with Crippen LogP contribution in [-0.4, -0.2) is 15.9 Å². The highest BCUT2D eigenvalue weighted by molar-refractivity contribution is 6.32. The van der Waals surface area contributed by atoms with Crippen LogP contribution in [0.3, 0.4) is 0 Å². The first-order valence-electron chi connectivity index (χ1n) is 6.57. The van der Waals surface area contributed by atoms with Gasteiger partial charge in [-0.05, 0) is 36.4 Å². The maximum absolute atomic E-state index is 12.1. The monoisotopic (exact) mass is 343 g/mol. The van der Waals surface area contributed by atoms with E-state index in [-0.39, 0.29) is 27.6 Å². The van der Waals surface area contributed by atoms with Gasteiger partial charge in [0.1, 0.15) is 17.4 Å². The predicted octanol–water partition coefficient (Wildman–Crippen LogP) is 3.50. The summed E-state index contributed by atoms with van der Waals surface area (Å²) in [6.45, 7) is 0. The van der Waals surface area contributed by atoms with Crippen molar-refractivity contribution in [2.75, 3.05) is 5.32 Å².